The number of nitrogens with zero attached hydrogens (tertiary/aromatic N) is 1. The average molecular weight is 382 g/mol. The van der Waals surface area contributed by atoms with Crippen molar-refractivity contribution in [3.63, 3.8) is 0 Å². The summed E-state index contributed by atoms with van der Waals surface area (Å²) < 4.78 is 17.1. The molecule has 0 fully saturated rings. The molecule has 0 spiro atoms. The van der Waals surface area contributed by atoms with Gasteiger partial charge in [-0.25, -0.2) is 0 Å². The predicted octanol–water partition coefficient (Wildman–Crippen LogP) is 2.15. The quantitative estimate of drug-likeness (QED) is 0.857. The Kier molecular flexibility index (Phi) is 5.06. The fourth-order valence-corrected chi connectivity index (χ4v) is 3.28. The number of anilines is 1. The van der Waals surface area contributed by atoms with Crippen LogP contribution in [-0.2, 0) is 9.59 Å². The van der Waals surface area contributed by atoms with E-state index in [4.69, 9.17) is 14.2 Å². The van der Waals surface area contributed by atoms with Crippen LogP contribution in [0.4, 0.5) is 5.69 Å². The zero-order valence-corrected chi connectivity index (χ0v) is 15.6. The number of fused-ring (bicyclic) bond motifs is 2. The molecule has 1 N–H and O–H groups in total. The molecule has 2 heterocycles. The third-order valence-corrected chi connectivity index (χ3v) is 4.73. The van der Waals surface area contributed by atoms with Gasteiger partial charge in [0.15, 0.2) is 17.6 Å². The molecule has 2 aromatic carbocycles. The SMILES string of the molecule is C[C@@H]1Oc2ccccc2N(CCC(=O)NC[C@@H]2COc3ccccc3O2)C1=O. The number of carbonyl (C=O) groups excluding carboxylic acids is 2. The van der Waals surface area contributed by atoms with Crippen molar-refractivity contribution in [2.24, 2.45) is 0 Å². The van der Waals surface area contributed by atoms with Gasteiger partial charge in [-0.1, -0.05) is 24.3 Å². The maximum atomic E-state index is 12.5. The largest absolute Gasteiger partial charge is 0.486 e. The van der Waals surface area contributed by atoms with Crippen molar-refractivity contribution in [3.05, 3.63) is 48.5 Å². The van der Waals surface area contributed by atoms with E-state index in [-0.39, 0.29) is 24.3 Å². The molecule has 2 atom stereocenters. The number of rotatable bonds is 5. The van der Waals surface area contributed by atoms with E-state index in [2.05, 4.69) is 5.32 Å². The summed E-state index contributed by atoms with van der Waals surface area (Å²) in [5.74, 6) is 1.75. The van der Waals surface area contributed by atoms with Crippen LogP contribution < -0.4 is 24.4 Å². The van der Waals surface area contributed by atoms with Crippen LogP contribution in [-0.4, -0.2) is 43.7 Å². The topological polar surface area (TPSA) is 77.1 Å². The molecular weight excluding hydrogens is 360 g/mol. The van der Waals surface area contributed by atoms with E-state index in [1.807, 2.05) is 48.5 Å². The number of para-hydroxylation sites is 4. The molecule has 2 aromatic rings. The van der Waals surface area contributed by atoms with Crippen molar-refractivity contribution in [3.8, 4) is 17.2 Å². The molecule has 0 radical (unpaired) electrons. The Hall–Kier alpha value is -3.22. The van der Waals surface area contributed by atoms with Gasteiger partial charge in [-0.15, -0.1) is 0 Å². The van der Waals surface area contributed by atoms with E-state index in [0.29, 0.717) is 42.6 Å². The summed E-state index contributed by atoms with van der Waals surface area (Å²) in [6.45, 7) is 2.73. The number of hydrogen-bond donors (Lipinski definition) is 1. The van der Waals surface area contributed by atoms with Crippen molar-refractivity contribution in [2.75, 3.05) is 24.6 Å². The van der Waals surface area contributed by atoms with Gasteiger partial charge in [-0.05, 0) is 31.2 Å². The summed E-state index contributed by atoms with van der Waals surface area (Å²) in [5.41, 5.74) is 0.694. The van der Waals surface area contributed by atoms with Crippen LogP contribution in [0, 0.1) is 0 Å². The van der Waals surface area contributed by atoms with E-state index in [9.17, 15) is 9.59 Å². The molecule has 7 heteroatoms. The van der Waals surface area contributed by atoms with Gasteiger partial charge >= 0.3 is 0 Å². The molecule has 28 heavy (non-hydrogen) atoms. The van der Waals surface area contributed by atoms with Gasteiger partial charge in [0.25, 0.3) is 5.91 Å². The molecule has 4 rings (SSSR count). The first-order valence-electron chi connectivity index (χ1n) is 9.34. The molecule has 2 aliphatic heterocycles. The standard InChI is InChI=1S/C21H22N2O5/c1-14-21(25)23(16-6-2-3-7-17(16)27-14)11-10-20(24)22-12-15-13-26-18-8-4-5-9-19(18)28-15/h2-9,14-15H,10-13H2,1H3,(H,22,24)/t14-,15+/m0/s1. The molecule has 0 aliphatic carbocycles. The van der Waals surface area contributed by atoms with Gasteiger partial charge in [-0.3, -0.25) is 9.59 Å². The van der Waals surface area contributed by atoms with Crippen molar-refractivity contribution < 1.29 is 23.8 Å². The molecule has 0 unspecified atom stereocenters. The van der Waals surface area contributed by atoms with E-state index >= 15 is 0 Å². The van der Waals surface area contributed by atoms with Gasteiger partial charge < -0.3 is 24.4 Å². The molecule has 146 valence electrons. The zero-order chi connectivity index (χ0) is 19.5. The zero-order valence-electron chi connectivity index (χ0n) is 15.6. The highest BCUT2D eigenvalue weighted by Gasteiger charge is 2.31. The number of hydrogen-bond acceptors (Lipinski definition) is 5. The third kappa shape index (κ3) is 3.74. The molecular formula is C21H22N2O5. The highest BCUT2D eigenvalue weighted by atomic mass is 16.6. The summed E-state index contributed by atoms with van der Waals surface area (Å²) >= 11 is 0. The lowest BCUT2D eigenvalue weighted by molar-refractivity contribution is -0.125. The first kappa shape index (κ1) is 18.2. The number of amides is 2. The van der Waals surface area contributed by atoms with Crippen molar-refractivity contribution in [2.45, 2.75) is 25.6 Å². The minimum Gasteiger partial charge on any atom is -0.486 e. The fourth-order valence-electron chi connectivity index (χ4n) is 3.28. The minimum absolute atomic E-state index is 0.146. The van der Waals surface area contributed by atoms with Crippen molar-refractivity contribution in [1.29, 1.82) is 0 Å². The second-order valence-corrected chi connectivity index (χ2v) is 6.77. The van der Waals surface area contributed by atoms with Crippen LogP contribution in [0.5, 0.6) is 17.2 Å². The lowest BCUT2D eigenvalue weighted by atomic mass is 10.1. The third-order valence-electron chi connectivity index (χ3n) is 4.73. The molecule has 7 nitrogen and oxygen atoms in total. The Morgan fingerprint density at radius 2 is 1.79 bits per heavy atom. The van der Waals surface area contributed by atoms with Gasteiger partial charge in [-0.2, -0.15) is 0 Å². The molecule has 0 bridgehead atoms. The number of ether oxygens (including phenoxy) is 3. The molecule has 0 saturated carbocycles. The summed E-state index contributed by atoms with van der Waals surface area (Å²) in [6, 6.07) is 14.8. The molecule has 0 aromatic heterocycles. The second kappa shape index (κ2) is 7.80. The van der Waals surface area contributed by atoms with Gasteiger partial charge in [0.1, 0.15) is 18.5 Å². The van der Waals surface area contributed by atoms with Crippen LogP contribution >= 0.6 is 0 Å². The second-order valence-electron chi connectivity index (χ2n) is 6.77. The number of nitrogens with one attached hydrogen (secondary N) is 1. The first-order chi connectivity index (χ1) is 13.6. The van der Waals surface area contributed by atoms with E-state index < -0.39 is 6.10 Å². The Morgan fingerprint density at radius 3 is 2.61 bits per heavy atom. The number of carbonyl (C=O) groups is 2. The normalized spacial score (nSPS) is 20.2. The predicted molar refractivity (Wildman–Crippen MR) is 103 cm³/mol. The summed E-state index contributed by atoms with van der Waals surface area (Å²) in [7, 11) is 0. The van der Waals surface area contributed by atoms with Crippen LogP contribution in [0.1, 0.15) is 13.3 Å². The van der Waals surface area contributed by atoms with Crippen LogP contribution in [0.2, 0.25) is 0 Å². The highest BCUT2D eigenvalue weighted by molar-refractivity contribution is 6.00. The Morgan fingerprint density at radius 1 is 1.07 bits per heavy atom. The monoisotopic (exact) mass is 382 g/mol. The average Bonchev–Trinajstić information content (AvgIpc) is 2.72. The first-order valence-corrected chi connectivity index (χ1v) is 9.34. The van der Waals surface area contributed by atoms with Crippen LogP contribution in [0.25, 0.3) is 0 Å². The summed E-state index contributed by atoms with van der Waals surface area (Å²) in [5, 5.41) is 2.86. The lowest BCUT2D eigenvalue weighted by Gasteiger charge is -2.32. The van der Waals surface area contributed by atoms with E-state index in [1.165, 1.54) is 0 Å². The summed E-state index contributed by atoms with van der Waals surface area (Å²) in [6.07, 6.45) is -0.618. The molecule has 2 amide bonds. The smallest absolute Gasteiger partial charge is 0.267 e. The molecule has 0 saturated heterocycles. The van der Waals surface area contributed by atoms with Crippen LogP contribution in [0.15, 0.2) is 48.5 Å². The van der Waals surface area contributed by atoms with E-state index in [0.717, 1.165) is 0 Å². The van der Waals surface area contributed by atoms with Crippen molar-refractivity contribution in [1.82, 2.24) is 5.32 Å². The molecule has 2 aliphatic rings. The minimum atomic E-state index is -0.564. The van der Waals surface area contributed by atoms with E-state index in [1.54, 1.807) is 11.8 Å². The highest BCUT2D eigenvalue weighted by Crippen LogP contribution is 2.33. The van der Waals surface area contributed by atoms with Crippen LogP contribution in [0.3, 0.4) is 0 Å². The maximum Gasteiger partial charge on any atom is 0.267 e. The number of benzene rings is 2. The van der Waals surface area contributed by atoms with Crippen molar-refractivity contribution >= 4 is 17.5 Å². The Bertz CT molecular complexity index is 885. The fraction of sp³-hybridized carbons (Fsp3) is 0.333. The Balaban J connectivity index is 1.30. The maximum absolute atomic E-state index is 12.5. The van der Waals surface area contributed by atoms with Gasteiger partial charge in [0.05, 0.1) is 12.2 Å². The summed E-state index contributed by atoms with van der Waals surface area (Å²) in [4.78, 5) is 26.4. The van der Waals surface area contributed by atoms with Gasteiger partial charge in [0, 0.05) is 13.0 Å². The van der Waals surface area contributed by atoms with Gasteiger partial charge in [0.2, 0.25) is 5.91 Å². The lowest BCUT2D eigenvalue weighted by Crippen LogP contribution is -2.46. The Labute approximate surface area is 163 Å².